The molecule has 192 valence electrons. The number of hydrogen-bond donors (Lipinski definition) is 0. The molecule has 4 aromatic heterocycles. The van der Waals surface area contributed by atoms with Crippen LogP contribution in [0.4, 0.5) is 26.3 Å². The maximum Gasteiger partial charge on any atom is 0.573 e. The van der Waals surface area contributed by atoms with Crippen molar-refractivity contribution in [1.29, 1.82) is 0 Å². The van der Waals surface area contributed by atoms with Crippen molar-refractivity contribution in [2.75, 3.05) is 5.75 Å². The quantitative estimate of drug-likeness (QED) is 0.191. The van der Waals surface area contributed by atoms with Gasteiger partial charge in [0.15, 0.2) is 5.65 Å². The lowest BCUT2D eigenvalue weighted by molar-refractivity contribution is -0.274. The summed E-state index contributed by atoms with van der Waals surface area (Å²) in [4.78, 5) is 12.7. The molecule has 1 aromatic carbocycles. The highest BCUT2D eigenvalue weighted by atomic mass is 32.2. The maximum atomic E-state index is 13.2. The monoisotopic (exact) mass is 538 g/mol. The smallest absolute Gasteiger partial charge is 0.406 e. The van der Waals surface area contributed by atoms with Crippen molar-refractivity contribution in [3.63, 3.8) is 0 Å². The molecule has 5 aromatic rings. The number of nitrogens with zero attached hydrogens (tertiary/aromatic N) is 6. The number of aryl methyl sites for hydroxylation is 1. The maximum absolute atomic E-state index is 13.2. The van der Waals surface area contributed by atoms with Crippen LogP contribution in [0.2, 0.25) is 0 Å². The lowest BCUT2D eigenvalue weighted by Gasteiger charge is -2.09. The van der Waals surface area contributed by atoms with E-state index in [-0.39, 0.29) is 11.3 Å². The van der Waals surface area contributed by atoms with Gasteiger partial charge in [0.1, 0.15) is 22.3 Å². The Morgan fingerprint density at radius 3 is 2.38 bits per heavy atom. The lowest BCUT2D eigenvalue weighted by atomic mass is 10.1. The fourth-order valence-corrected chi connectivity index (χ4v) is 4.54. The number of alkyl halides is 6. The van der Waals surface area contributed by atoms with E-state index >= 15 is 0 Å². The molecule has 5 rings (SSSR count). The molecule has 0 unspecified atom stereocenters. The Bertz CT molecular complexity index is 1610. The van der Waals surface area contributed by atoms with E-state index in [1.807, 2.05) is 6.92 Å². The molecular weight excluding hydrogens is 522 g/mol. The van der Waals surface area contributed by atoms with Crippen LogP contribution in [-0.2, 0) is 13.2 Å². The molecule has 0 aliphatic rings. The summed E-state index contributed by atoms with van der Waals surface area (Å²) >= 11 is 1.41. The molecule has 0 bridgehead atoms. The first-order valence-corrected chi connectivity index (χ1v) is 11.7. The Kier molecular flexibility index (Phi) is 6.01. The van der Waals surface area contributed by atoms with E-state index in [1.165, 1.54) is 40.5 Å². The van der Waals surface area contributed by atoms with E-state index in [4.69, 9.17) is 0 Å². The van der Waals surface area contributed by atoms with Crippen LogP contribution in [-0.4, -0.2) is 41.2 Å². The molecule has 7 nitrogen and oxygen atoms in total. The van der Waals surface area contributed by atoms with Crippen molar-refractivity contribution in [1.82, 2.24) is 29.1 Å². The van der Waals surface area contributed by atoms with Gasteiger partial charge in [-0.25, -0.2) is 19.5 Å². The zero-order chi connectivity index (χ0) is 26.5. The first kappa shape index (κ1) is 24.9. The minimum Gasteiger partial charge on any atom is -0.406 e. The number of fused-ring (bicyclic) bond motifs is 2. The van der Waals surface area contributed by atoms with Gasteiger partial charge in [-0.15, -0.1) is 24.9 Å². The van der Waals surface area contributed by atoms with Gasteiger partial charge >= 0.3 is 12.5 Å². The normalized spacial score (nSPS) is 12.5. The highest BCUT2D eigenvalue weighted by Crippen LogP contribution is 2.37. The number of aromatic nitrogens is 6. The van der Waals surface area contributed by atoms with Crippen molar-refractivity contribution in [2.45, 2.75) is 24.5 Å². The molecule has 0 saturated carbocycles. The average Bonchev–Trinajstić information content (AvgIpc) is 3.34. The predicted molar refractivity (Wildman–Crippen MR) is 124 cm³/mol. The largest absolute Gasteiger partial charge is 0.573 e. The Morgan fingerprint density at radius 1 is 1.00 bits per heavy atom. The van der Waals surface area contributed by atoms with Crippen molar-refractivity contribution >= 4 is 28.4 Å². The third kappa shape index (κ3) is 4.80. The summed E-state index contributed by atoms with van der Waals surface area (Å²) in [5.41, 5.74) is 1.32. The van der Waals surface area contributed by atoms with Gasteiger partial charge in [0, 0.05) is 18.8 Å². The molecule has 0 aliphatic heterocycles. The summed E-state index contributed by atoms with van der Waals surface area (Å²) in [5, 5.41) is 5.13. The van der Waals surface area contributed by atoms with Crippen LogP contribution in [0.15, 0.2) is 53.8 Å². The Labute approximate surface area is 209 Å². The van der Waals surface area contributed by atoms with Crippen molar-refractivity contribution in [3.05, 3.63) is 54.5 Å². The lowest BCUT2D eigenvalue weighted by Crippen LogP contribution is -2.16. The van der Waals surface area contributed by atoms with Crippen molar-refractivity contribution in [3.8, 4) is 28.4 Å². The first-order chi connectivity index (χ1) is 17.4. The van der Waals surface area contributed by atoms with Gasteiger partial charge in [-0.2, -0.15) is 18.3 Å². The SMILES string of the molecule is CCSc1nn2ccc(-c3ccc(OC(F)(F)F)cc3)nc2c1-c1nc2cc(C(F)(F)F)ncc2n1C. The fraction of sp³-hybridized carbons (Fsp3) is 0.217. The van der Waals surface area contributed by atoms with Crippen molar-refractivity contribution in [2.24, 2.45) is 7.05 Å². The summed E-state index contributed by atoms with van der Waals surface area (Å²) in [6, 6.07) is 7.79. The number of pyridine rings is 1. The minimum absolute atomic E-state index is 0.114. The summed E-state index contributed by atoms with van der Waals surface area (Å²) in [5.74, 6) is 0.643. The van der Waals surface area contributed by atoms with Gasteiger partial charge in [-0.1, -0.05) is 6.92 Å². The van der Waals surface area contributed by atoms with Crippen LogP contribution in [0, 0.1) is 0 Å². The molecule has 0 spiro atoms. The molecule has 0 N–H and O–H groups in total. The van der Waals surface area contributed by atoms with Crippen LogP contribution < -0.4 is 4.74 Å². The Balaban J connectivity index is 1.64. The topological polar surface area (TPSA) is 70.1 Å². The van der Waals surface area contributed by atoms with Crippen molar-refractivity contribution < 1.29 is 31.1 Å². The minimum atomic E-state index is -4.81. The molecule has 0 atom stereocenters. The highest BCUT2D eigenvalue weighted by Gasteiger charge is 2.33. The third-order valence-corrected chi connectivity index (χ3v) is 6.25. The van der Waals surface area contributed by atoms with Gasteiger partial charge in [0.05, 0.1) is 28.5 Å². The number of benzene rings is 1. The molecule has 4 heterocycles. The Morgan fingerprint density at radius 2 is 1.73 bits per heavy atom. The summed E-state index contributed by atoms with van der Waals surface area (Å²) in [7, 11) is 1.66. The zero-order valence-electron chi connectivity index (χ0n) is 19.1. The second-order valence-corrected chi connectivity index (χ2v) is 9.07. The first-order valence-electron chi connectivity index (χ1n) is 10.7. The van der Waals surface area contributed by atoms with Gasteiger partial charge in [0.2, 0.25) is 0 Å². The third-order valence-electron chi connectivity index (χ3n) is 5.40. The highest BCUT2D eigenvalue weighted by molar-refractivity contribution is 7.99. The van der Waals surface area contributed by atoms with E-state index in [0.29, 0.717) is 44.6 Å². The second-order valence-electron chi connectivity index (χ2n) is 7.82. The number of halogens is 6. The molecule has 0 radical (unpaired) electrons. The number of ether oxygens (including phenoxy) is 1. The van der Waals surface area contributed by atoms with Crippen LogP contribution in [0.25, 0.3) is 39.3 Å². The second kappa shape index (κ2) is 8.94. The molecule has 37 heavy (non-hydrogen) atoms. The Hall–Kier alpha value is -3.81. The van der Waals surface area contributed by atoms with E-state index in [0.717, 1.165) is 12.3 Å². The zero-order valence-corrected chi connectivity index (χ0v) is 19.9. The van der Waals surface area contributed by atoms with Gasteiger partial charge in [-0.05, 0) is 42.2 Å². The number of rotatable bonds is 5. The molecule has 0 amide bonds. The molecule has 0 fully saturated rings. The van der Waals surface area contributed by atoms with Crippen LogP contribution in [0.1, 0.15) is 12.6 Å². The van der Waals surface area contributed by atoms with E-state index in [1.54, 1.807) is 23.9 Å². The number of thioether (sulfide) groups is 1. The fourth-order valence-electron chi connectivity index (χ4n) is 3.80. The van der Waals surface area contributed by atoms with E-state index in [9.17, 15) is 26.3 Å². The predicted octanol–water partition coefficient (Wildman–Crippen LogP) is 6.37. The van der Waals surface area contributed by atoms with Crippen LogP contribution in [0.3, 0.4) is 0 Å². The standard InChI is InChI=1S/C23H16F6N6OS/c1-3-37-21-18(19-32-15-10-17(22(24,25)26)30-11-16(15)34(19)2)20-31-14(8-9-35(20)33-21)12-4-6-13(7-5-12)36-23(27,28)29/h4-11H,3H2,1-2H3. The van der Waals surface area contributed by atoms with Gasteiger partial charge in [-0.3, -0.25) is 0 Å². The average molecular weight is 538 g/mol. The summed E-state index contributed by atoms with van der Waals surface area (Å²) in [6.45, 7) is 1.93. The number of hydrogen-bond acceptors (Lipinski definition) is 6. The van der Waals surface area contributed by atoms with E-state index in [2.05, 4.69) is 24.8 Å². The van der Waals surface area contributed by atoms with Gasteiger partial charge in [0.25, 0.3) is 0 Å². The van der Waals surface area contributed by atoms with Crippen LogP contribution in [0.5, 0.6) is 5.75 Å². The summed E-state index contributed by atoms with van der Waals surface area (Å²) in [6.07, 6.45) is -6.65. The summed E-state index contributed by atoms with van der Waals surface area (Å²) < 4.78 is 84.1. The molecule has 14 heteroatoms. The molecule has 0 saturated heterocycles. The van der Waals surface area contributed by atoms with Gasteiger partial charge < -0.3 is 9.30 Å². The molecular formula is C23H16F6N6OS. The van der Waals surface area contributed by atoms with E-state index < -0.39 is 18.2 Å². The molecule has 0 aliphatic carbocycles. The van der Waals surface area contributed by atoms with Crippen LogP contribution >= 0.6 is 11.8 Å². The number of imidazole rings is 1.